The van der Waals surface area contributed by atoms with E-state index < -0.39 is 6.03 Å². The van der Waals surface area contributed by atoms with Crippen molar-refractivity contribution in [1.29, 1.82) is 0 Å². The van der Waals surface area contributed by atoms with E-state index in [0.29, 0.717) is 25.6 Å². The van der Waals surface area contributed by atoms with E-state index >= 15 is 0 Å². The fourth-order valence-electron chi connectivity index (χ4n) is 3.50. The Bertz CT molecular complexity index is 374. The van der Waals surface area contributed by atoms with E-state index in [1.807, 2.05) is 4.90 Å². The summed E-state index contributed by atoms with van der Waals surface area (Å²) in [7, 11) is 0. The Balaban J connectivity index is 2.03. The van der Waals surface area contributed by atoms with Crippen LogP contribution in [0.3, 0.4) is 0 Å². The number of carbonyl (C=O) groups is 2. The number of nitrogens with zero attached hydrogens (tertiary/aromatic N) is 2. The zero-order chi connectivity index (χ0) is 14.7. The van der Waals surface area contributed by atoms with Gasteiger partial charge in [-0.2, -0.15) is 0 Å². The normalized spacial score (nSPS) is 31.2. The van der Waals surface area contributed by atoms with E-state index in [1.165, 1.54) is 0 Å². The molecule has 0 spiro atoms. The van der Waals surface area contributed by atoms with E-state index in [0.717, 1.165) is 32.2 Å². The van der Waals surface area contributed by atoms with Crippen molar-refractivity contribution >= 4 is 11.9 Å². The number of primary amides is 1. The minimum absolute atomic E-state index is 0.115. The fraction of sp³-hybridized carbons (Fsp3) is 0.857. The molecule has 0 bridgehead atoms. The third-order valence-electron chi connectivity index (χ3n) is 4.72. The lowest BCUT2D eigenvalue weighted by molar-refractivity contribution is -0.141. The molecule has 2 aliphatic heterocycles. The first kappa shape index (κ1) is 15.1. The van der Waals surface area contributed by atoms with Crippen LogP contribution in [0.2, 0.25) is 0 Å². The van der Waals surface area contributed by atoms with Crippen LogP contribution >= 0.6 is 0 Å². The van der Waals surface area contributed by atoms with E-state index in [2.05, 4.69) is 6.92 Å². The Labute approximate surface area is 120 Å². The number of hydrogen-bond acceptors (Lipinski definition) is 3. The highest BCUT2D eigenvalue weighted by molar-refractivity contribution is 5.81. The average molecular weight is 282 g/mol. The second-order valence-electron chi connectivity index (χ2n) is 6.08. The number of urea groups is 1. The second-order valence-corrected chi connectivity index (χ2v) is 6.08. The van der Waals surface area contributed by atoms with E-state index in [4.69, 9.17) is 11.5 Å². The van der Waals surface area contributed by atoms with Crippen LogP contribution in [0.25, 0.3) is 0 Å². The van der Waals surface area contributed by atoms with Gasteiger partial charge in [0.05, 0.1) is 5.92 Å². The van der Waals surface area contributed by atoms with Gasteiger partial charge < -0.3 is 21.3 Å². The van der Waals surface area contributed by atoms with Crippen LogP contribution < -0.4 is 11.5 Å². The van der Waals surface area contributed by atoms with Gasteiger partial charge in [-0.25, -0.2) is 4.79 Å². The zero-order valence-corrected chi connectivity index (χ0v) is 12.3. The predicted octanol–water partition coefficient (Wildman–Crippen LogP) is 0.363. The molecule has 0 aromatic heterocycles. The topological polar surface area (TPSA) is 92.7 Å². The first-order chi connectivity index (χ1) is 9.54. The van der Waals surface area contributed by atoms with Crippen molar-refractivity contribution in [3.05, 3.63) is 0 Å². The molecule has 0 saturated carbocycles. The lowest BCUT2D eigenvalue weighted by Gasteiger charge is -2.42. The maximum Gasteiger partial charge on any atom is 0.314 e. The smallest absolute Gasteiger partial charge is 0.314 e. The zero-order valence-electron chi connectivity index (χ0n) is 12.3. The Morgan fingerprint density at radius 1 is 1.20 bits per heavy atom. The maximum absolute atomic E-state index is 12.7. The van der Waals surface area contributed by atoms with Crippen LogP contribution in [0.4, 0.5) is 4.79 Å². The van der Waals surface area contributed by atoms with Gasteiger partial charge in [0.15, 0.2) is 0 Å². The van der Waals surface area contributed by atoms with Crippen LogP contribution in [0.1, 0.15) is 32.6 Å². The number of carbonyl (C=O) groups excluding carboxylic acids is 2. The van der Waals surface area contributed by atoms with Gasteiger partial charge in [-0.05, 0) is 31.6 Å². The van der Waals surface area contributed by atoms with E-state index in [1.54, 1.807) is 4.90 Å². The van der Waals surface area contributed by atoms with Gasteiger partial charge in [-0.3, -0.25) is 4.79 Å². The molecule has 2 rings (SSSR count). The summed E-state index contributed by atoms with van der Waals surface area (Å²) in [6.07, 6.45) is 3.85. The van der Waals surface area contributed by atoms with Crippen molar-refractivity contribution < 1.29 is 9.59 Å². The molecule has 6 nitrogen and oxygen atoms in total. The van der Waals surface area contributed by atoms with Gasteiger partial charge in [0.25, 0.3) is 0 Å². The molecule has 0 radical (unpaired) electrons. The summed E-state index contributed by atoms with van der Waals surface area (Å²) >= 11 is 0. The molecule has 2 heterocycles. The van der Waals surface area contributed by atoms with Crippen molar-refractivity contribution in [2.75, 3.05) is 26.2 Å². The quantitative estimate of drug-likeness (QED) is 0.766. The molecule has 20 heavy (non-hydrogen) atoms. The lowest BCUT2D eigenvalue weighted by Crippen LogP contribution is -2.55. The molecule has 4 N–H and O–H groups in total. The SMILES string of the molecule is C[C@@H]1CCCN(C(=O)[C@@H]2CCCN(C(N)=O)C2)[C@@H]1CN. The maximum atomic E-state index is 12.7. The highest BCUT2D eigenvalue weighted by Crippen LogP contribution is 2.26. The third kappa shape index (κ3) is 3.06. The third-order valence-corrected chi connectivity index (χ3v) is 4.72. The summed E-state index contributed by atoms with van der Waals surface area (Å²) < 4.78 is 0. The number of amides is 3. The Morgan fingerprint density at radius 2 is 1.90 bits per heavy atom. The number of likely N-dealkylation sites (tertiary alicyclic amines) is 2. The molecule has 3 atom stereocenters. The molecule has 2 aliphatic rings. The number of piperidine rings is 2. The lowest BCUT2D eigenvalue weighted by atomic mass is 9.88. The number of nitrogens with two attached hydrogens (primary N) is 2. The molecular weight excluding hydrogens is 256 g/mol. The fourth-order valence-corrected chi connectivity index (χ4v) is 3.50. The van der Waals surface area contributed by atoms with Gasteiger partial charge in [-0.15, -0.1) is 0 Å². The van der Waals surface area contributed by atoms with Crippen LogP contribution in [0, 0.1) is 11.8 Å². The minimum Gasteiger partial charge on any atom is -0.351 e. The molecule has 0 aromatic carbocycles. The molecule has 0 aliphatic carbocycles. The van der Waals surface area contributed by atoms with Gasteiger partial charge in [0.2, 0.25) is 5.91 Å². The summed E-state index contributed by atoms with van der Waals surface area (Å²) in [6, 6.07) is -0.287. The Hall–Kier alpha value is -1.30. The van der Waals surface area contributed by atoms with Crippen molar-refractivity contribution in [2.45, 2.75) is 38.6 Å². The molecule has 0 unspecified atom stereocenters. The molecule has 0 aromatic rings. The summed E-state index contributed by atoms with van der Waals surface area (Å²) in [5, 5.41) is 0. The first-order valence-corrected chi connectivity index (χ1v) is 7.59. The van der Waals surface area contributed by atoms with Gasteiger partial charge in [0.1, 0.15) is 0 Å². The molecule has 114 valence electrons. The van der Waals surface area contributed by atoms with Crippen LogP contribution in [0.5, 0.6) is 0 Å². The van der Waals surface area contributed by atoms with Crippen LogP contribution in [-0.4, -0.2) is 54.0 Å². The van der Waals surface area contributed by atoms with Crippen molar-refractivity contribution in [3.8, 4) is 0 Å². The van der Waals surface area contributed by atoms with E-state index in [-0.39, 0.29) is 17.9 Å². The standard InChI is InChI=1S/C14H26N4O2/c1-10-4-2-7-18(12(10)8-15)13(19)11-5-3-6-17(9-11)14(16)20/h10-12H,2-9,15H2,1H3,(H2,16,20)/t10-,11-,12-/m1/s1. The molecule has 6 heteroatoms. The number of rotatable bonds is 2. The van der Waals surface area contributed by atoms with E-state index in [9.17, 15) is 9.59 Å². The van der Waals surface area contributed by atoms with Gasteiger partial charge in [-0.1, -0.05) is 6.92 Å². The van der Waals surface area contributed by atoms with Crippen molar-refractivity contribution in [2.24, 2.45) is 23.3 Å². The summed E-state index contributed by atoms with van der Waals surface area (Å²) in [5.74, 6) is 0.488. The minimum atomic E-state index is -0.426. The Kier molecular flexibility index (Phi) is 4.86. The van der Waals surface area contributed by atoms with Crippen molar-refractivity contribution in [1.82, 2.24) is 9.80 Å². The largest absolute Gasteiger partial charge is 0.351 e. The van der Waals surface area contributed by atoms with Crippen molar-refractivity contribution in [3.63, 3.8) is 0 Å². The number of hydrogen-bond donors (Lipinski definition) is 2. The molecular formula is C14H26N4O2. The molecule has 3 amide bonds. The highest BCUT2D eigenvalue weighted by atomic mass is 16.2. The summed E-state index contributed by atoms with van der Waals surface area (Å²) in [6.45, 7) is 4.58. The Morgan fingerprint density at radius 3 is 2.55 bits per heavy atom. The monoisotopic (exact) mass is 282 g/mol. The van der Waals surface area contributed by atoms with Gasteiger partial charge >= 0.3 is 6.03 Å². The first-order valence-electron chi connectivity index (χ1n) is 7.59. The molecule has 2 fully saturated rings. The second kappa shape index (κ2) is 6.43. The average Bonchev–Trinajstić information content (AvgIpc) is 2.46. The highest BCUT2D eigenvalue weighted by Gasteiger charge is 2.36. The summed E-state index contributed by atoms with van der Waals surface area (Å²) in [5.41, 5.74) is 11.2. The summed E-state index contributed by atoms with van der Waals surface area (Å²) in [4.78, 5) is 27.5. The molecule has 2 saturated heterocycles. The van der Waals surface area contributed by atoms with Crippen LogP contribution in [-0.2, 0) is 4.79 Å². The van der Waals surface area contributed by atoms with Gasteiger partial charge in [0, 0.05) is 32.2 Å². The predicted molar refractivity (Wildman–Crippen MR) is 76.8 cm³/mol. The van der Waals surface area contributed by atoms with Crippen LogP contribution in [0.15, 0.2) is 0 Å².